The van der Waals surface area contributed by atoms with Crippen molar-refractivity contribution < 1.29 is 14.3 Å². The molecule has 3 rings (SSSR count). The molecule has 0 aliphatic rings. The second-order valence-corrected chi connectivity index (χ2v) is 6.38. The van der Waals surface area contributed by atoms with Crippen molar-refractivity contribution in [3.63, 3.8) is 0 Å². The van der Waals surface area contributed by atoms with Crippen LogP contribution in [0.1, 0.15) is 15.9 Å². The lowest BCUT2D eigenvalue weighted by molar-refractivity contribution is -0.118. The quantitative estimate of drug-likeness (QED) is 0.456. The topological polar surface area (TPSA) is 79.8 Å². The molecular weight excluding hydrogens is 390 g/mol. The van der Waals surface area contributed by atoms with Gasteiger partial charge in [0.05, 0.1) is 6.21 Å². The van der Waals surface area contributed by atoms with Crippen LogP contribution in [-0.4, -0.2) is 24.6 Å². The van der Waals surface area contributed by atoms with Crippen LogP contribution in [0.3, 0.4) is 0 Å². The minimum Gasteiger partial charge on any atom is -0.483 e. The molecule has 146 valence electrons. The standard InChI is InChI=1S/C22H18ClN3O3/c23-18-10-12-19(13-11-18)25-21(27)15-29-20-9-5-4-8-17(20)14-24-26-22(28)16-6-2-1-3-7-16/h1-14H,15H2,(H,25,27)(H,26,28)/b24-14+. The zero-order chi connectivity index (χ0) is 20.5. The van der Waals surface area contributed by atoms with Crippen LogP contribution in [0, 0.1) is 0 Å². The number of para-hydroxylation sites is 1. The highest BCUT2D eigenvalue weighted by molar-refractivity contribution is 6.30. The summed E-state index contributed by atoms with van der Waals surface area (Å²) in [7, 11) is 0. The van der Waals surface area contributed by atoms with E-state index in [2.05, 4.69) is 15.8 Å². The number of hydrogen-bond acceptors (Lipinski definition) is 4. The number of nitrogens with one attached hydrogen (secondary N) is 2. The van der Waals surface area contributed by atoms with Gasteiger partial charge in [-0.1, -0.05) is 41.9 Å². The second-order valence-electron chi connectivity index (χ2n) is 5.95. The van der Waals surface area contributed by atoms with Crippen LogP contribution >= 0.6 is 11.6 Å². The molecule has 0 unspecified atom stereocenters. The first-order valence-electron chi connectivity index (χ1n) is 8.77. The van der Waals surface area contributed by atoms with Gasteiger partial charge in [-0.25, -0.2) is 5.43 Å². The predicted molar refractivity (Wildman–Crippen MR) is 114 cm³/mol. The third-order valence-electron chi connectivity index (χ3n) is 3.81. The van der Waals surface area contributed by atoms with E-state index in [1.165, 1.54) is 6.21 Å². The van der Waals surface area contributed by atoms with Gasteiger partial charge in [-0.05, 0) is 48.5 Å². The van der Waals surface area contributed by atoms with Gasteiger partial charge in [0.15, 0.2) is 6.61 Å². The van der Waals surface area contributed by atoms with Crippen molar-refractivity contribution in [1.82, 2.24) is 5.43 Å². The van der Waals surface area contributed by atoms with E-state index in [4.69, 9.17) is 16.3 Å². The van der Waals surface area contributed by atoms with E-state index >= 15 is 0 Å². The van der Waals surface area contributed by atoms with E-state index in [0.717, 1.165) is 0 Å². The van der Waals surface area contributed by atoms with E-state index in [1.807, 2.05) is 6.07 Å². The minimum absolute atomic E-state index is 0.177. The highest BCUT2D eigenvalue weighted by Crippen LogP contribution is 2.16. The summed E-state index contributed by atoms with van der Waals surface area (Å²) in [5.74, 6) is -0.157. The molecule has 0 fully saturated rings. The van der Waals surface area contributed by atoms with Crippen molar-refractivity contribution in [3.05, 3.63) is 95.0 Å². The van der Waals surface area contributed by atoms with Gasteiger partial charge in [-0.3, -0.25) is 9.59 Å². The number of ether oxygens (including phenoxy) is 1. The fourth-order valence-electron chi connectivity index (χ4n) is 2.41. The Morgan fingerprint density at radius 2 is 1.62 bits per heavy atom. The van der Waals surface area contributed by atoms with E-state index < -0.39 is 0 Å². The average molecular weight is 408 g/mol. The zero-order valence-corrected chi connectivity index (χ0v) is 16.1. The highest BCUT2D eigenvalue weighted by atomic mass is 35.5. The Morgan fingerprint density at radius 3 is 2.38 bits per heavy atom. The second kappa shape index (κ2) is 10.1. The lowest BCUT2D eigenvalue weighted by Gasteiger charge is -2.09. The summed E-state index contributed by atoms with van der Waals surface area (Å²) in [5.41, 5.74) is 4.22. The van der Waals surface area contributed by atoms with Crippen molar-refractivity contribution >= 4 is 35.3 Å². The number of hydrazone groups is 1. The number of carbonyl (C=O) groups is 2. The maximum atomic E-state index is 12.1. The van der Waals surface area contributed by atoms with Crippen LogP contribution in [0.15, 0.2) is 84.0 Å². The first-order chi connectivity index (χ1) is 14.1. The summed E-state index contributed by atoms with van der Waals surface area (Å²) in [6, 6.07) is 22.6. The van der Waals surface area contributed by atoms with Gasteiger partial charge in [0.1, 0.15) is 5.75 Å². The molecule has 2 amide bonds. The van der Waals surface area contributed by atoms with Gasteiger partial charge in [0, 0.05) is 21.8 Å². The van der Waals surface area contributed by atoms with Crippen LogP contribution in [0.2, 0.25) is 5.02 Å². The largest absolute Gasteiger partial charge is 0.483 e. The SMILES string of the molecule is O=C(COc1ccccc1/C=N/NC(=O)c1ccccc1)Nc1ccc(Cl)cc1. The molecule has 0 saturated heterocycles. The summed E-state index contributed by atoms with van der Waals surface area (Å²) in [5, 5.41) is 7.28. The zero-order valence-electron chi connectivity index (χ0n) is 15.3. The van der Waals surface area contributed by atoms with E-state index in [0.29, 0.717) is 27.6 Å². The number of carbonyl (C=O) groups excluding carboxylic acids is 2. The molecule has 6 nitrogen and oxygen atoms in total. The molecule has 0 spiro atoms. The molecule has 0 aromatic heterocycles. The van der Waals surface area contributed by atoms with Crippen LogP contribution in [-0.2, 0) is 4.79 Å². The Balaban J connectivity index is 1.56. The van der Waals surface area contributed by atoms with Gasteiger partial charge in [-0.2, -0.15) is 5.10 Å². The Bertz CT molecular complexity index is 1010. The molecule has 2 N–H and O–H groups in total. The lowest BCUT2D eigenvalue weighted by Crippen LogP contribution is -2.20. The van der Waals surface area contributed by atoms with Crippen LogP contribution in [0.25, 0.3) is 0 Å². The van der Waals surface area contributed by atoms with E-state index in [9.17, 15) is 9.59 Å². The van der Waals surface area contributed by atoms with Gasteiger partial charge < -0.3 is 10.1 Å². The van der Waals surface area contributed by atoms with Crippen molar-refractivity contribution in [3.8, 4) is 5.75 Å². The highest BCUT2D eigenvalue weighted by Gasteiger charge is 2.07. The Morgan fingerprint density at radius 1 is 0.931 bits per heavy atom. The molecule has 3 aromatic rings. The first-order valence-corrected chi connectivity index (χ1v) is 9.15. The number of halogens is 1. The molecule has 0 bridgehead atoms. The van der Waals surface area contributed by atoms with Crippen LogP contribution in [0.5, 0.6) is 5.75 Å². The van der Waals surface area contributed by atoms with Crippen molar-refractivity contribution in [2.45, 2.75) is 0 Å². The molecule has 0 aliphatic heterocycles. The number of hydrogen-bond donors (Lipinski definition) is 2. The van der Waals surface area contributed by atoms with Gasteiger partial charge >= 0.3 is 0 Å². The van der Waals surface area contributed by atoms with Crippen molar-refractivity contribution in [1.29, 1.82) is 0 Å². The number of rotatable bonds is 7. The Hall–Kier alpha value is -3.64. The number of anilines is 1. The first kappa shape index (κ1) is 20.1. The maximum absolute atomic E-state index is 12.1. The van der Waals surface area contributed by atoms with Crippen molar-refractivity contribution in [2.75, 3.05) is 11.9 Å². The van der Waals surface area contributed by atoms with E-state index in [-0.39, 0.29) is 18.4 Å². The predicted octanol–water partition coefficient (Wildman–Crippen LogP) is 4.12. The smallest absolute Gasteiger partial charge is 0.271 e. The van der Waals surface area contributed by atoms with Gasteiger partial charge in [0.2, 0.25) is 0 Å². The Labute approximate surface area is 173 Å². The summed E-state index contributed by atoms with van der Waals surface area (Å²) in [4.78, 5) is 24.1. The molecular formula is C22H18ClN3O3. The molecule has 3 aromatic carbocycles. The number of benzene rings is 3. The van der Waals surface area contributed by atoms with Crippen molar-refractivity contribution in [2.24, 2.45) is 5.10 Å². The molecule has 7 heteroatoms. The maximum Gasteiger partial charge on any atom is 0.271 e. The number of amides is 2. The summed E-state index contributed by atoms with van der Waals surface area (Å²) >= 11 is 5.83. The fourth-order valence-corrected chi connectivity index (χ4v) is 2.53. The Kier molecular flexibility index (Phi) is 6.97. The summed E-state index contributed by atoms with van der Waals surface area (Å²) < 4.78 is 5.59. The number of nitrogens with zero attached hydrogens (tertiary/aromatic N) is 1. The molecule has 0 saturated carbocycles. The van der Waals surface area contributed by atoms with E-state index in [1.54, 1.807) is 72.8 Å². The monoisotopic (exact) mass is 407 g/mol. The minimum atomic E-state index is -0.317. The van der Waals surface area contributed by atoms with Crippen LogP contribution < -0.4 is 15.5 Å². The summed E-state index contributed by atoms with van der Waals surface area (Å²) in [6.07, 6.45) is 1.47. The third-order valence-corrected chi connectivity index (χ3v) is 4.06. The fraction of sp³-hybridized carbons (Fsp3) is 0.0455. The molecule has 0 radical (unpaired) electrons. The van der Waals surface area contributed by atoms with Gasteiger partial charge in [-0.15, -0.1) is 0 Å². The molecule has 29 heavy (non-hydrogen) atoms. The normalized spacial score (nSPS) is 10.5. The third kappa shape index (κ3) is 6.19. The van der Waals surface area contributed by atoms with Gasteiger partial charge in [0.25, 0.3) is 11.8 Å². The molecule has 0 atom stereocenters. The summed E-state index contributed by atoms with van der Waals surface area (Å²) in [6.45, 7) is -0.177. The van der Waals surface area contributed by atoms with Crippen LogP contribution in [0.4, 0.5) is 5.69 Å². The lowest BCUT2D eigenvalue weighted by atomic mass is 10.2. The molecule has 0 aliphatic carbocycles. The molecule has 0 heterocycles. The average Bonchev–Trinajstić information content (AvgIpc) is 2.75.